The van der Waals surface area contributed by atoms with Crippen LogP contribution in [-0.2, 0) is 16.4 Å². The van der Waals surface area contributed by atoms with Gasteiger partial charge in [0.2, 0.25) is 10.0 Å². The molecule has 31 heavy (non-hydrogen) atoms. The summed E-state index contributed by atoms with van der Waals surface area (Å²) in [4.78, 5) is 4.72. The number of primary sulfonamides is 1. The molecule has 0 bridgehead atoms. The van der Waals surface area contributed by atoms with Gasteiger partial charge in [-0.05, 0) is 48.0 Å². The van der Waals surface area contributed by atoms with Crippen LogP contribution in [0.1, 0.15) is 11.5 Å². The van der Waals surface area contributed by atoms with Crippen molar-refractivity contribution in [2.75, 3.05) is 7.11 Å². The van der Waals surface area contributed by atoms with E-state index in [0.29, 0.717) is 45.7 Å². The minimum absolute atomic E-state index is 0.0179. The number of hydrogen-bond acceptors (Lipinski definition) is 5. The minimum Gasteiger partial charge on any atom is -0.497 e. The highest BCUT2D eigenvalue weighted by molar-refractivity contribution is 7.89. The Balaban J connectivity index is 1.82. The Morgan fingerprint density at radius 3 is 2.35 bits per heavy atom. The zero-order valence-corrected chi connectivity index (χ0v) is 18.2. The van der Waals surface area contributed by atoms with E-state index in [0.717, 1.165) is 5.56 Å². The van der Waals surface area contributed by atoms with Crippen molar-refractivity contribution < 1.29 is 17.6 Å². The van der Waals surface area contributed by atoms with Crippen LogP contribution >= 0.6 is 11.6 Å². The van der Waals surface area contributed by atoms with E-state index >= 15 is 0 Å². The molecule has 2 N–H and O–H groups in total. The monoisotopic (exact) mass is 454 g/mol. The maximum Gasteiger partial charge on any atom is 0.238 e. The fourth-order valence-corrected chi connectivity index (χ4v) is 3.98. The normalized spacial score (nSPS) is 11.5. The summed E-state index contributed by atoms with van der Waals surface area (Å²) in [6.45, 7) is 0. The number of sulfonamides is 1. The van der Waals surface area contributed by atoms with Gasteiger partial charge in [0.05, 0.1) is 17.0 Å². The molecule has 1 heterocycles. The molecule has 0 atom stereocenters. The summed E-state index contributed by atoms with van der Waals surface area (Å²) in [6, 6.07) is 21.3. The summed E-state index contributed by atoms with van der Waals surface area (Å²) in [5, 5.41) is 5.67. The van der Waals surface area contributed by atoms with Crippen LogP contribution in [0.15, 0.2) is 82.1 Å². The van der Waals surface area contributed by atoms with E-state index in [1.165, 1.54) is 12.1 Å². The van der Waals surface area contributed by atoms with Crippen LogP contribution < -0.4 is 9.88 Å². The highest BCUT2D eigenvalue weighted by Crippen LogP contribution is 2.38. The second-order valence-electron chi connectivity index (χ2n) is 6.86. The molecule has 0 unspecified atom stereocenters. The average molecular weight is 455 g/mol. The van der Waals surface area contributed by atoms with Gasteiger partial charge in [-0.25, -0.2) is 18.5 Å². The number of halogens is 1. The van der Waals surface area contributed by atoms with E-state index in [1.54, 1.807) is 31.4 Å². The van der Waals surface area contributed by atoms with Crippen molar-refractivity contribution in [2.24, 2.45) is 5.14 Å². The topological polar surface area (TPSA) is 95.4 Å². The Morgan fingerprint density at radius 2 is 1.74 bits per heavy atom. The third kappa shape index (κ3) is 4.64. The van der Waals surface area contributed by atoms with Crippen LogP contribution in [0.2, 0.25) is 5.02 Å². The zero-order valence-electron chi connectivity index (χ0n) is 16.6. The molecule has 0 amide bonds. The van der Waals surface area contributed by atoms with Crippen molar-refractivity contribution in [1.29, 1.82) is 0 Å². The largest absolute Gasteiger partial charge is 0.497 e. The fourth-order valence-electron chi connectivity index (χ4n) is 3.20. The van der Waals surface area contributed by atoms with Crippen LogP contribution in [0.25, 0.3) is 22.6 Å². The molecule has 158 valence electrons. The Hall–Kier alpha value is -3.13. The van der Waals surface area contributed by atoms with Gasteiger partial charge in [-0.3, -0.25) is 0 Å². The minimum atomic E-state index is -3.80. The van der Waals surface area contributed by atoms with Crippen molar-refractivity contribution in [2.45, 2.75) is 11.3 Å². The maximum atomic E-state index is 11.6. The van der Waals surface area contributed by atoms with Crippen LogP contribution in [0, 0.1) is 0 Å². The van der Waals surface area contributed by atoms with Crippen LogP contribution in [0.4, 0.5) is 0 Å². The van der Waals surface area contributed by atoms with E-state index in [-0.39, 0.29) is 4.90 Å². The predicted octanol–water partition coefficient (Wildman–Crippen LogP) is 4.91. The highest BCUT2D eigenvalue weighted by Gasteiger charge is 2.20. The lowest BCUT2D eigenvalue weighted by Crippen LogP contribution is -2.11. The number of methoxy groups -OCH3 is 1. The molecule has 1 aromatic heterocycles. The lowest BCUT2D eigenvalue weighted by Gasteiger charge is -2.06. The molecule has 0 aliphatic carbocycles. The molecule has 0 saturated carbocycles. The number of benzene rings is 3. The Morgan fingerprint density at radius 1 is 1.03 bits per heavy atom. The van der Waals surface area contributed by atoms with E-state index in [4.69, 9.17) is 30.9 Å². The van der Waals surface area contributed by atoms with Crippen LogP contribution in [0.3, 0.4) is 0 Å². The Bertz CT molecular complexity index is 1320. The number of nitrogens with zero attached hydrogens (tertiary/aromatic N) is 1. The fraction of sp³-hybridized carbons (Fsp3) is 0.0870. The molecular formula is C23H19ClN2O4S. The molecule has 0 aliphatic rings. The van der Waals surface area contributed by atoms with E-state index < -0.39 is 10.0 Å². The Kier molecular flexibility index (Phi) is 5.82. The van der Waals surface area contributed by atoms with Crippen molar-refractivity contribution in [3.63, 3.8) is 0 Å². The third-order valence-electron chi connectivity index (χ3n) is 4.75. The van der Waals surface area contributed by atoms with Gasteiger partial charge < -0.3 is 9.15 Å². The first-order valence-electron chi connectivity index (χ1n) is 9.36. The van der Waals surface area contributed by atoms with Crippen molar-refractivity contribution in [3.8, 4) is 28.3 Å². The zero-order chi connectivity index (χ0) is 22.0. The summed E-state index contributed by atoms with van der Waals surface area (Å²) in [5.41, 5.74) is 2.94. The van der Waals surface area contributed by atoms with Gasteiger partial charge in [0.1, 0.15) is 11.4 Å². The summed E-state index contributed by atoms with van der Waals surface area (Å²) in [5.74, 6) is 1.62. The number of aromatic nitrogens is 1. The highest BCUT2D eigenvalue weighted by atomic mass is 35.5. The van der Waals surface area contributed by atoms with Crippen LogP contribution in [-0.4, -0.2) is 20.5 Å². The number of rotatable bonds is 6. The smallest absolute Gasteiger partial charge is 0.238 e. The standard InChI is InChI=1S/C23H19ClN2O4S/c1-29-17-9-12-19(20(24)14-17)22-23(16-7-10-18(11-8-16)31(25,27)28)30-21(26-22)13-15-5-3-2-4-6-15/h2-12,14H,13H2,1H3,(H2,25,27,28). The second-order valence-corrected chi connectivity index (χ2v) is 8.83. The third-order valence-corrected chi connectivity index (χ3v) is 5.99. The first kappa shape index (κ1) is 21.1. The molecule has 8 heteroatoms. The Labute approximate surface area is 185 Å². The number of nitrogens with two attached hydrogens (primary N) is 1. The number of hydrogen-bond donors (Lipinski definition) is 1. The van der Waals surface area contributed by atoms with Crippen molar-refractivity contribution >= 4 is 21.6 Å². The molecule has 0 aliphatic heterocycles. The van der Waals surface area contributed by atoms with Gasteiger partial charge >= 0.3 is 0 Å². The number of ether oxygens (including phenoxy) is 1. The quantitative estimate of drug-likeness (QED) is 0.446. The first-order valence-corrected chi connectivity index (χ1v) is 11.3. The molecular weight excluding hydrogens is 436 g/mol. The van der Waals surface area contributed by atoms with E-state index in [2.05, 4.69) is 0 Å². The first-order chi connectivity index (χ1) is 14.8. The molecule has 3 aromatic carbocycles. The van der Waals surface area contributed by atoms with E-state index in [9.17, 15) is 8.42 Å². The molecule has 4 aromatic rings. The molecule has 0 saturated heterocycles. The SMILES string of the molecule is COc1ccc(-c2nc(Cc3ccccc3)oc2-c2ccc(S(N)(=O)=O)cc2)c(Cl)c1. The van der Waals surface area contributed by atoms with Gasteiger partial charge in [-0.15, -0.1) is 0 Å². The molecule has 0 radical (unpaired) electrons. The number of oxazole rings is 1. The van der Waals surface area contributed by atoms with Crippen molar-refractivity contribution in [3.05, 3.63) is 89.3 Å². The summed E-state index contributed by atoms with van der Waals surface area (Å²) < 4.78 is 34.5. The van der Waals surface area contributed by atoms with Gasteiger partial charge in [0, 0.05) is 17.5 Å². The van der Waals surface area contributed by atoms with Gasteiger partial charge in [0.15, 0.2) is 11.7 Å². The van der Waals surface area contributed by atoms with E-state index in [1.807, 2.05) is 36.4 Å². The lowest BCUT2D eigenvalue weighted by molar-refractivity contribution is 0.415. The van der Waals surface area contributed by atoms with Crippen molar-refractivity contribution in [1.82, 2.24) is 4.98 Å². The molecule has 0 fully saturated rings. The average Bonchev–Trinajstić information content (AvgIpc) is 3.17. The molecule has 4 rings (SSSR count). The second kappa shape index (κ2) is 8.55. The summed E-state index contributed by atoms with van der Waals surface area (Å²) >= 11 is 6.50. The summed E-state index contributed by atoms with van der Waals surface area (Å²) in [6.07, 6.45) is 0.497. The van der Waals surface area contributed by atoms with Crippen LogP contribution in [0.5, 0.6) is 5.75 Å². The molecule has 6 nitrogen and oxygen atoms in total. The van der Waals surface area contributed by atoms with Gasteiger partial charge in [0.25, 0.3) is 0 Å². The molecule has 0 spiro atoms. The lowest BCUT2D eigenvalue weighted by atomic mass is 10.1. The summed E-state index contributed by atoms with van der Waals surface area (Å²) in [7, 11) is -2.23. The van der Waals surface area contributed by atoms with Gasteiger partial charge in [-0.1, -0.05) is 41.9 Å². The maximum absolute atomic E-state index is 11.6. The predicted molar refractivity (Wildman–Crippen MR) is 120 cm³/mol. The van der Waals surface area contributed by atoms with Gasteiger partial charge in [-0.2, -0.15) is 0 Å².